The summed E-state index contributed by atoms with van der Waals surface area (Å²) < 4.78 is 0. The molecule has 0 spiro atoms. The molecular formula is C15H25NS. The van der Waals surface area contributed by atoms with Crippen molar-refractivity contribution in [2.24, 2.45) is 0 Å². The normalized spacial score (nSPS) is 11.1. The highest BCUT2D eigenvalue weighted by molar-refractivity contribution is 7.99. The Hall–Kier alpha value is -0.470. The fourth-order valence-electron chi connectivity index (χ4n) is 1.64. The van der Waals surface area contributed by atoms with Gasteiger partial charge in [0.1, 0.15) is 0 Å². The number of thioether (sulfide) groups is 1. The average Bonchev–Trinajstić information content (AvgIpc) is 2.34. The highest BCUT2D eigenvalue weighted by Gasteiger charge is 1.99. The van der Waals surface area contributed by atoms with Crippen LogP contribution in [0.25, 0.3) is 0 Å². The molecule has 0 aliphatic heterocycles. The number of hydrogen-bond donors (Lipinski definition) is 1. The molecule has 0 saturated heterocycles. The summed E-state index contributed by atoms with van der Waals surface area (Å²) in [6.45, 7) is 8.97. The zero-order chi connectivity index (χ0) is 12.5. The van der Waals surface area contributed by atoms with Crippen LogP contribution in [0, 0.1) is 0 Å². The second kappa shape index (κ2) is 8.60. The van der Waals surface area contributed by atoms with Crippen LogP contribution < -0.4 is 5.32 Å². The molecule has 1 aromatic carbocycles. The van der Waals surface area contributed by atoms with E-state index in [0.717, 1.165) is 13.1 Å². The van der Waals surface area contributed by atoms with E-state index < -0.39 is 0 Å². The monoisotopic (exact) mass is 251 g/mol. The van der Waals surface area contributed by atoms with Crippen LogP contribution in [-0.2, 0) is 0 Å². The van der Waals surface area contributed by atoms with Crippen LogP contribution in [-0.4, -0.2) is 18.8 Å². The molecule has 0 bridgehead atoms. The van der Waals surface area contributed by atoms with E-state index in [1.165, 1.54) is 29.1 Å². The zero-order valence-electron chi connectivity index (χ0n) is 11.3. The molecule has 0 aliphatic rings. The molecule has 0 aromatic heterocycles. The molecular weight excluding hydrogens is 226 g/mol. The van der Waals surface area contributed by atoms with Gasteiger partial charge in [-0.3, -0.25) is 0 Å². The quantitative estimate of drug-likeness (QED) is 0.546. The number of hydrogen-bond acceptors (Lipinski definition) is 2. The van der Waals surface area contributed by atoms with E-state index in [9.17, 15) is 0 Å². The van der Waals surface area contributed by atoms with Crippen molar-refractivity contribution in [3.63, 3.8) is 0 Å². The molecule has 0 amide bonds. The van der Waals surface area contributed by atoms with Crippen molar-refractivity contribution >= 4 is 11.8 Å². The maximum absolute atomic E-state index is 3.43. The van der Waals surface area contributed by atoms with E-state index in [0.29, 0.717) is 5.92 Å². The van der Waals surface area contributed by atoms with E-state index in [-0.39, 0.29) is 0 Å². The zero-order valence-corrected chi connectivity index (χ0v) is 12.1. The van der Waals surface area contributed by atoms with Gasteiger partial charge in [-0.1, -0.05) is 32.9 Å². The SMILES string of the molecule is CCCNCCCSc1ccc(C(C)C)cc1. The second-order valence-corrected chi connectivity index (χ2v) is 5.84. The van der Waals surface area contributed by atoms with E-state index in [2.05, 4.69) is 50.4 Å². The standard InChI is InChI=1S/C15H25NS/c1-4-10-16-11-5-12-17-15-8-6-14(7-9-15)13(2)3/h6-9,13,16H,4-5,10-12H2,1-3H3. The first kappa shape index (κ1) is 14.6. The molecule has 0 unspecified atom stereocenters. The van der Waals surface area contributed by atoms with Crippen LogP contribution >= 0.6 is 11.8 Å². The third-order valence-corrected chi connectivity index (χ3v) is 3.84. The molecule has 1 N–H and O–H groups in total. The molecule has 0 saturated carbocycles. The van der Waals surface area contributed by atoms with Crippen LogP contribution in [0.5, 0.6) is 0 Å². The first-order chi connectivity index (χ1) is 8.24. The lowest BCUT2D eigenvalue weighted by atomic mass is 10.0. The van der Waals surface area contributed by atoms with Gasteiger partial charge in [-0.05, 0) is 55.3 Å². The minimum absolute atomic E-state index is 0.632. The smallest absolute Gasteiger partial charge is 0.00721 e. The summed E-state index contributed by atoms with van der Waals surface area (Å²) in [6, 6.07) is 9.00. The van der Waals surface area contributed by atoms with Crippen molar-refractivity contribution in [3.8, 4) is 0 Å². The summed E-state index contributed by atoms with van der Waals surface area (Å²) in [5, 5.41) is 3.43. The van der Waals surface area contributed by atoms with Crippen LogP contribution in [0.3, 0.4) is 0 Å². The van der Waals surface area contributed by atoms with Crippen LogP contribution in [0.2, 0.25) is 0 Å². The fraction of sp³-hybridized carbons (Fsp3) is 0.600. The van der Waals surface area contributed by atoms with Gasteiger partial charge >= 0.3 is 0 Å². The van der Waals surface area contributed by atoms with Crippen molar-refractivity contribution < 1.29 is 0 Å². The molecule has 0 fully saturated rings. The topological polar surface area (TPSA) is 12.0 Å². The molecule has 0 aliphatic carbocycles. The van der Waals surface area contributed by atoms with E-state index >= 15 is 0 Å². The summed E-state index contributed by atoms with van der Waals surface area (Å²) in [5.74, 6) is 1.84. The summed E-state index contributed by atoms with van der Waals surface area (Å²) in [4.78, 5) is 1.39. The van der Waals surface area contributed by atoms with Crippen molar-refractivity contribution in [2.75, 3.05) is 18.8 Å². The molecule has 2 heteroatoms. The lowest BCUT2D eigenvalue weighted by Gasteiger charge is -2.07. The van der Waals surface area contributed by atoms with Crippen LogP contribution in [0.1, 0.15) is 45.1 Å². The molecule has 0 atom stereocenters. The van der Waals surface area contributed by atoms with Crippen molar-refractivity contribution in [2.45, 2.75) is 44.4 Å². The van der Waals surface area contributed by atoms with Gasteiger partial charge in [0.2, 0.25) is 0 Å². The van der Waals surface area contributed by atoms with Crippen LogP contribution in [0.4, 0.5) is 0 Å². The number of benzene rings is 1. The largest absolute Gasteiger partial charge is 0.317 e. The maximum atomic E-state index is 3.43. The third-order valence-electron chi connectivity index (χ3n) is 2.74. The second-order valence-electron chi connectivity index (χ2n) is 4.68. The van der Waals surface area contributed by atoms with Gasteiger partial charge in [0.25, 0.3) is 0 Å². The molecule has 1 rings (SSSR count). The molecule has 17 heavy (non-hydrogen) atoms. The van der Waals surface area contributed by atoms with Gasteiger partial charge in [-0.15, -0.1) is 11.8 Å². The summed E-state index contributed by atoms with van der Waals surface area (Å²) in [5.41, 5.74) is 1.43. The van der Waals surface area contributed by atoms with Gasteiger partial charge in [-0.25, -0.2) is 0 Å². The first-order valence-electron chi connectivity index (χ1n) is 6.67. The third kappa shape index (κ3) is 6.13. The van der Waals surface area contributed by atoms with E-state index in [1.54, 1.807) is 0 Å². The lowest BCUT2D eigenvalue weighted by molar-refractivity contribution is 0.664. The Labute approximate surface area is 110 Å². The Kier molecular flexibility index (Phi) is 7.38. The maximum Gasteiger partial charge on any atom is 0.00721 e. The Balaban J connectivity index is 2.19. The summed E-state index contributed by atoms with van der Waals surface area (Å²) in [7, 11) is 0. The fourth-order valence-corrected chi connectivity index (χ4v) is 2.49. The average molecular weight is 251 g/mol. The first-order valence-corrected chi connectivity index (χ1v) is 7.66. The highest BCUT2D eigenvalue weighted by atomic mass is 32.2. The Morgan fingerprint density at radius 3 is 2.41 bits per heavy atom. The van der Waals surface area contributed by atoms with E-state index in [4.69, 9.17) is 0 Å². The van der Waals surface area contributed by atoms with Crippen LogP contribution in [0.15, 0.2) is 29.2 Å². The molecule has 0 heterocycles. The molecule has 96 valence electrons. The minimum Gasteiger partial charge on any atom is -0.317 e. The predicted molar refractivity (Wildman–Crippen MR) is 79.0 cm³/mol. The van der Waals surface area contributed by atoms with Gasteiger partial charge in [0, 0.05) is 4.90 Å². The number of nitrogens with one attached hydrogen (secondary N) is 1. The summed E-state index contributed by atoms with van der Waals surface area (Å²) >= 11 is 1.96. The van der Waals surface area contributed by atoms with Gasteiger partial charge in [-0.2, -0.15) is 0 Å². The predicted octanol–water partition coefficient (Wildman–Crippen LogP) is 4.29. The van der Waals surface area contributed by atoms with Crippen molar-refractivity contribution in [1.82, 2.24) is 5.32 Å². The van der Waals surface area contributed by atoms with E-state index in [1.807, 2.05) is 11.8 Å². The Morgan fingerprint density at radius 2 is 1.82 bits per heavy atom. The number of rotatable bonds is 8. The van der Waals surface area contributed by atoms with Crippen molar-refractivity contribution in [1.29, 1.82) is 0 Å². The summed E-state index contributed by atoms with van der Waals surface area (Å²) in [6.07, 6.45) is 2.47. The molecule has 0 radical (unpaired) electrons. The highest BCUT2D eigenvalue weighted by Crippen LogP contribution is 2.22. The van der Waals surface area contributed by atoms with Crippen molar-refractivity contribution in [3.05, 3.63) is 29.8 Å². The lowest BCUT2D eigenvalue weighted by Crippen LogP contribution is -2.16. The minimum atomic E-state index is 0.632. The molecule has 1 nitrogen and oxygen atoms in total. The van der Waals surface area contributed by atoms with Gasteiger partial charge in [0.05, 0.1) is 0 Å². The van der Waals surface area contributed by atoms with Gasteiger partial charge < -0.3 is 5.32 Å². The van der Waals surface area contributed by atoms with Gasteiger partial charge in [0.15, 0.2) is 0 Å². The molecule has 1 aromatic rings. The Bertz CT molecular complexity index is 292. The Morgan fingerprint density at radius 1 is 1.12 bits per heavy atom.